The van der Waals surface area contributed by atoms with Crippen molar-refractivity contribution in [3.05, 3.63) is 24.3 Å². The Bertz CT molecular complexity index is 192. The highest BCUT2D eigenvalue weighted by Crippen LogP contribution is 2.09. The Morgan fingerprint density at radius 3 is 1.88 bits per heavy atom. The molecule has 1 nitrogen and oxygen atoms in total. The second-order valence-electron chi connectivity index (χ2n) is 4.17. The average molecular weight is 222 g/mol. The zero-order valence-electron chi connectivity index (χ0n) is 10.7. The van der Waals surface area contributed by atoms with Gasteiger partial charge in [-0.05, 0) is 26.2 Å². The lowest BCUT2D eigenvalue weighted by atomic mass is 10.1. The smallest absolute Gasteiger partial charge is 0.119 e. The summed E-state index contributed by atoms with van der Waals surface area (Å²) in [5.41, 5.74) is 0. The third-order valence-electron chi connectivity index (χ3n) is 2.63. The first-order valence-corrected chi connectivity index (χ1v) is 6.63. The van der Waals surface area contributed by atoms with E-state index in [9.17, 15) is 4.79 Å². The van der Waals surface area contributed by atoms with Crippen LogP contribution < -0.4 is 0 Å². The molecule has 0 amide bonds. The van der Waals surface area contributed by atoms with E-state index < -0.39 is 0 Å². The molecule has 92 valence electrons. The number of aldehydes is 1. The molecule has 0 spiro atoms. The molecular weight excluding hydrogens is 196 g/mol. The Hall–Kier alpha value is -0.850. The van der Waals surface area contributed by atoms with Crippen LogP contribution in [-0.2, 0) is 4.79 Å². The summed E-state index contributed by atoms with van der Waals surface area (Å²) in [6.45, 7) is 2.04. The lowest BCUT2D eigenvalue weighted by Gasteiger charge is -1.99. The molecule has 0 aliphatic rings. The fourth-order valence-electron chi connectivity index (χ4n) is 1.66. The Balaban J connectivity index is 3.01. The van der Waals surface area contributed by atoms with Gasteiger partial charge in [0.15, 0.2) is 0 Å². The number of hydrogen-bond donors (Lipinski definition) is 0. The zero-order chi connectivity index (χ0) is 11.9. The molecule has 0 atom stereocenters. The van der Waals surface area contributed by atoms with Crippen LogP contribution in [0.1, 0.15) is 64.7 Å². The molecule has 16 heavy (non-hydrogen) atoms. The van der Waals surface area contributed by atoms with Crippen LogP contribution in [0.5, 0.6) is 0 Å². The summed E-state index contributed by atoms with van der Waals surface area (Å²) in [5, 5.41) is 0. The van der Waals surface area contributed by atoms with Gasteiger partial charge in [0.1, 0.15) is 6.29 Å². The van der Waals surface area contributed by atoms with E-state index in [-0.39, 0.29) is 0 Å². The summed E-state index contributed by atoms with van der Waals surface area (Å²) in [4.78, 5) is 10.1. The average Bonchev–Trinajstić information content (AvgIpc) is 2.31. The molecule has 0 rings (SSSR count). The van der Waals surface area contributed by atoms with E-state index in [1.807, 2.05) is 6.92 Å². The summed E-state index contributed by atoms with van der Waals surface area (Å²) in [5.74, 6) is 0. The normalized spacial score (nSPS) is 11.6. The van der Waals surface area contributed by atoms with Gasteiger partial charge in [0, 0.05) is 6.42 Å². The largest absolute Gasteiger partial charge is 0.303 e. The van der Waals surface area contributed by atoms with Crippen molar-refractivity contribution in [2.75, 3.05) is 0 Å². The van der Waals surface area contributed by atoms with Crippen LogP contribution >= 0.6 is 0 Å². The van der Waals surface area contributed by atoms with Gasteiger partial charge in [0.2, 0.25) is 0 Å². The first-order valence-electron chi connectivity index (χ1n) is 6.63. The fourth-order valence-corrected chi connectivity index (χ4v) is 1.66. The van der Waals surface area contributed by atoms with Crippen LogP contribution in [-0.4, -0.2) is 6.29 Å². The number of unbranched alkanes of at least 4 members (excludes halogenated alkanes) is 8. The van der Waals surface area contributed by atoms with Crippen LogP contribution in [0.25, 0.3) is 0 Å². The van der Waals surface area contributed by atoms with Gasteiger partial charge in [0.05, 0.1) is 0 Å². The van der Waals surface area contributed by atoms with Crippen molar-refractivity contribution < 1.29 is 4.79 Å². The summed E-state index contributed by atoms with van der Waals surface area (Å²) < 4.78 is 0. The van der Waals surface area contributed by atoms with E-state index in [1.165, 1.54) is 44.9 Å². The molecule has 0 unspecified atom stereocenters. The fraction of sp³-hybridized carbons (Fsp3) is 0.667. The second kappa shape index (κ2) is 14.2. The van der Waals surface area contributed by atoms with Crippen LogP contribution in [0.3, 0.4) is 0 Å². The molecule has 0 fully saturated rings. The monoisotopic (exact) mass is 222 g/mol. The molecule has 0 aromatic carbocycles. The maximum atomic E-state index is 10.1. The molecular formula is C15H26O. The van der Waals surface area contributed by atoms with E-state index in [2.05, 4.69) is 24.3 Å². The summed E-state index contributed by atoms with van der Waals surface area (Å²) in [6, 6.07) is 0. The molecule has 0 radical (unpaired) electrons. The van der Waals surface area contributed by atoms with E-state index in [4.69, 9.17) is 0 Å². The molecule has 0 aliphatic heterocycles. The van der Waals surface area contributed by atoms with Gasteiger partial charge in [-0.2, -0.15) is 0 Å². The van der Waals surface area contributed by atoms with Crippen LogP contribution in [0, 0.1) is 0 Å². The van der Waals surface area contributed by atoms with Gasteiger partial charge in [0.25, 0.3) is 0 Å². The van der Waals surface area contributed by atoms with Gasteiger partial charge in [-0.25, -0.2) is 0 Å². The Morgan fingerprint density at radius 2 is 1.31 bits per heavy atom. The maximum Gasteiger partial charge on any atom is 0.119 e. The van der Waals surface area contributed by atoms with Crippen molar-refractivity contribution >= 4 is 6.29 Å². The number of hydrogen-bond acceptors (Lipinski definition) is 1. The van der Waals surface area contributed by atoms with Gasteiger partial charge in [-0.1, -0.05) is 56.4 Å². The number of carbonyl (C=O) groups is 1. The van der Waals surface area contributed by atoms with Crippen LogP contribution in [0.4, 0.5) is 0 Å². The van der Waals surface area contributed by atoms with Crippen molar-refractivity contribution in [3.8, 4) is 0 Å². The highest BCUT2D eigenvalue weighted by molar-refractivity contribution is 5.48. The highest BCUT2D eigenvalue weighted by atomic mass is 16.1. The van der Waals surface area contributed by atoms with Gasteiger partial charge in [-0.15, -0.1) is 0 Å². The second-order valence-corrected chi connectivity index (χ2v) is 4.17. The van der Waals surface area contributed by atoms with E-state index >= 15 is 0 Å². The van der Waals surface area contributed by atoms with Gasteiger partial charge < -0.3 is 4.79 Å². The maximum absolute atomic E-state index is 10.1. The predicted octanol–water partition coefficient (Wildman–Crippen LogP) is 4.83. The third-order valence-corrected chi connectivity index (χ3v) is 2.63. The quantitative estimate of drug-likeness (QED) is 0.278. The minimum atomic E-state index is 0.746. The van der Waals surface area contributed by atoms with Crippen molar-refractivity contribution in [2.45, 2.75) is 64.7 Å². The highest BCUT2D eigenvalue weighted by Gasteiger charge is 1.90. The van der Waals surface area contributed by atoms with Crippen LogP contribution in [0.15, 0.2) is 24.3 Å². The molecule has 0 bridgehead atoms. The molecule has 0 aromatic rings. The Morgan fingerprint density at radius 1 is 0.750 bits per heavy atom. The molecule has 0 saturated heterocycles. The van der Waals surface area contributed by atoms with Crippen molar-refractivity contribution in [1.82, 2.24) is 0 Å². The minimum Gasteiger partial charge on any atom is -0.303 e. The molecule has 0 aliphatic carbocycles. The van der Waals surface area contributed by atoms with E-state index in [0.717, 1.165) is 19.1 Å². The zero-order valence-corrected chi connectivity index (χ0v) is 10.7. The lowest BCUT2D eigenvalue weighted by molar-refractivity contribution is -0.107. The Kier molecular flexibility index (Phi) is 13.4. The van der Waals surface area contributed by atoms with Crippen molar-refractivity contribution in [3.63, 3.8) is 0 Å². The van der Waals surface area contributed by atoms with Gasteiger partial charge >= 0.3 is 0 Å². The lowest BCUT2D eigenvalue weighted by Crippen LogP contribution is -1.81. The summed E-state index contributed by atoms with van der Waals surface area (Å²) in [7, 11) is 0. The number of rotatable bonds is 11. The topological polar surface area (TPSA) is 17.1 Å². The minimum absolute atomic E-state index is 0.746. The van der Waals surface area contributed by atoms with E-state index in [1.54, 1.807) is 0 Å². The summed E-state index contributed by atoms with van der Waals surface area (Å²) >= 11 is 0. The summed E-state index contributed by atoms with van der Waals surface area (Å²) in [6.07, 6.45) is 20.4. The Labute approximate surface area is 101 Å². The van der Waals surface area contributed by atoms with E-state index in [0.29, 0.717) is 0 Å². The number of carbonyl (C=O) groups excluding carboxylic acids is 1. The molecule has 1 heteroatoms. The molecule has 0 saturated carbocycles. The molecule has 0 heterocycles. The third kappa shape index (κ3) is 13.2. The van der Waals surface area contributed by atoms with Crippen molar-refractivity contribution in [1.29, 1.82) is 0 Å². The SMILES string of the molecule is C/C=C/C=C/CCCCCCCCCC=O. The van der Waals surface area contributed by atoms with Crippen molar-refractivity contribution in [2.24, 2.45) is 0 Å². The number of allylic oxidation sites excluding steroid dienone is 4. The first kappa shape index (κ1) is 15.2. The molecule has 0 aromatic heterocycles. The van der Waals surface area contributed by atoms with Crippen LogP contribution in [0.2, 0.25) is 0 Å². The van der Waals surface area contributed by atoms with Gasteiger partial charge in [-0.3, -0.25) is 0 Å². The standard InChI is InChI=1S/C15H26O/c1-2-3-4-5-6-7-8-9-10-11-12-13-14-15-16/h2-5,15H,6-14H2,1H3/b3-2+,5-4+. The first-order chi connectivity index (χ1) is 7.91. The predicted molar refractivity (Wildman–Crippen MR) is 71.6 cm³/mol. The molecule has 0 N–H and O–H groups in total.